The molecular weight excluding hydrogens is 494 g/mol. The van der Waals surface area contributed by atoms with E-state index in [2.05, 4.69) is 6.92 Å². The lowest BCUT2D eigenvalue weighted by molar-refractivity contribution is -0.385. The molecule has 0 radical (unpaired) electrons. The molecule has 0 saturated carbocycles. The van der Waals surface area contributed by atoms with Crippen LogP contribution in [0, 0.1) is 10.1 Å². The van der Waals surface area contributed by atoms with Crippen molar-refractivity contribution in [3.8, 4) is 5.75 Å². The molecular formula is C36H65NO3. The Balaban J connectivity index is 1.72. The number of hydrogen-bond donors (Lipinski definition) is 1. The number of benzene rings is 1. The fourth-order valence-electron chi connectivity index (χ4n) is 5.87. The molecule has 1 aromatic carbocycles. The summed E-state index contributed by atoms with van der Waals surface area (Å²) in [6.07, 6.45) is 40.1. The number of nitrogens with zero attached hydrogens (tertiary/aromatic N) is 1. The van der Waals surface area contributed by atoms with E-state index in [0.717, 1.165) is 18.4 Å². The number of hydrogen-bond acceptors (Lipinski definition) is 3. The van der Waals surface area contributed by atoms with Gasteiger partial charge >= 0.3 is 5.69 Å². The Morgan fingerprint density at radius 3 is 1.12 bits per heavy atom. The van der Waals surface area contributed by atoms with Gasteiger partial charge in [-0.25, -0.2) is 0 Å². The van der Waals surface area contributed by atoms with Gasteiger partial charge in [-0.15, -0.1) is 0 Å². The van der Waals surface area contributed by atoms with Crippen LogP contribution in [-0.4, -0.2) is 10.0 Å². The lowest BCUT2D eigenvalue weighted by atomic mass is 10.0. The second-order valence-electron chi connectivity index (χ2n) is 12.4. The van der Waals surface area contributed by atoms with E-state index in [9.17, 15) is 15.2 Å². The summed E-state index contributed by atoms with van der Waals surface area (Å²) in [7, 11) is 0. The van der Waals surface area contributed by atoms with Crippen molar-refractivity contribution in [1.82, 2.24) is 0 Å². The average molecular weight is 560 g/mol. The lowest BCUT2D eigenvalue weighted by Gasteiger charge is -2.05. The van der Waals surface area contributed by atoms with E-state index in [1.165, 1.54) is 185 Å². The highest BCUT2D eigenvalue weighted by Gasteiger charge is 2.13. The molecule has 1 N–H and O–H groups in total. The highest BCUT2D eigenvalue weighted by molar-refractivity contribution is 5.47. The Morgan fingerprint density at radius 2 is 0.825 bits per heavy atom. The van der Waals surface area contributed by atoms with E-state index < -0.39 is 4.92 Å². The monoisotopic (exact) mass is 559 g/mol. The number of aryl methyl sites for hydroxylation is 1. The van der Waals surface area contributed by atoms with Gasteiger partial charge in [-0.05, 0) is 24.5 Å². The summed E-state index contributed by atoms with van der Waals surface area (Å²) in [4.78, 5) is 10.4. The van der Waals surface area contributed by atoms with Gasteiger partial charge in [-0.1, -0.05) is 186 Å². The molecule has 0 atom stereocenters. The zero-order chi connectivity index (χ0) is 28.9. The molecule has 0 bridgehead atoms. The number of nitro groups is 1. The standard InChI is InChI=1S/C36H65NO3/c1-2-3-4-5-6-7-8-9-10-11-12-13-14-15-16-17-18-19-20-21-22-23-24-25-26-27-28-29-30-34-31-32-36(38)35(33-34)37(39)40/h31-33,38H,2-30H2,1H3. The number of unbranched alkanes of at least 4 members (excludes halogenated alkanes) is 27. The van der Waals surface area contributed by atoms with Crippen molar-refractivity contribution >= 4 is 5.69 Å². The number of phenols is 1. The molecule has 0 saturated heterocycles. The first-order valence-corrected chi connectivity index (χ1v) is 17.6. The molecule has 1 rings (SSSR count). The van der Waals surface area contributed by atoms with Crippen LogP contribution in [0.2, 0.25) is 0 Å². The van der Waals surface area contributed by atoms with Gasteiger partial charge in [-0.3, -0.25) is 10.1 Å². The van der Waals surface area contributed by atoms with Crippen molar-refractivity contribution in [2.24, 2.45) is 0 Å². The highest BCUT2D eigenvalue weighted by atomic mass is 16.6. The maximum Gasteiger partial charge on any atom is 0.310 e. The molecule has 0 fully saturated rings. The van der Waals surface area contributed by atoms with E-state index in [-0.39, 0.29) is 11.4 Å². The van der Waals surface area contributed by atoms with Gasteiger partial charge in [0.2, 0.25) is 0 Å². The van der Waals surface area contributed by atoms with Crippen LogP contribution in [0.5, 0.6) is 5.75 Å². The molecule has 4 heteroatoms. The Morgan fingerprint density at radius 1 is 0.525 bits per heavy atom. The number of nitro benzene ring substituents is 1. The third-order valence-corrected chi connectivity index (χ3v) is 8.56. The molecule has 0 aliphatic rings. The second-order valence-corrected chi connectivity index (χ2v) is 12.4. The van der Waals surface area contributed by atoms with Crippen LogP contribution in [0.25, 0.3) is 0 Å². The van der Waals surface area contributed by atoms with Crippen molar-refractivity contribution in [3.05, 3.63) is 33.9 Å². The molecule has 0 aliphatic carbocycles. The van der Waals surface area contributed by atoms with Gasteiger partial charge < -0.3 is 5.11 Å². The summed E-state index contributed by atoms with van der Waals surface area (Å²) in [5, 5.41) is 20.5. The normalized spacial score (nSPS) is 11.3. The molecule has 4 nitrogen and oxygen atoms in total. The molecule has 0 aromatic heterocycles. The van der Waals surface area contributed by atoms with E-state index >= 15 is 0 Å². The highest BCUT2D eigenvalue weighted by Crippen LogP contribution is 2.27. The van der Waals surface area contributed by atoms with Gasteiger partial charge in [0.15, 0.2) is 5.75 Å². The van der Waals surface area contributed by atoms with E-state index in [1.54, 1.807) is 6.07 Å². The van der Waals surface area contributed by atoms with Gasteiger partial charge in [0, 0.05) is 6.07 Å². The summed E-state index contributed by atoms with van der Waals surface area (Å²) < 4.78 is 0. The molecule has 0 unspecified atom stereocenters. The minimum absolute atomic E-state index is 0.183. The molecule has 0 aliphatic heterocycles. The van der Waals surface area contributed by atoms with Crippen molar-refractivity contribution in [2.75, 3.05) is 0 Å². The van der Waals surface area contributed by atoms with Gasteiger partial charge in [0.05, 0.1) is 4.92 Å². The fraction of sp³-hybridized carbons (Fsp3) is 0.833. The molecule has 232 valence electrons. The van der Waals surface area contributed by atoms with E-state index in [1.807, 2.05) is 0 Å². The van der Waals surface area contributed by atoms with Crippen molar-refractivity contribution in [1.29, 1.82) is 0 Å². The van der Waals surface area contributed by atoms with Crippen LogP contribution in [-0.2, 0) is 6.42 Å². The maximum atomic E-state index is 10.9. The number of phenolic OH excluding ortho intramolecular Hbond substituents is 1. The molecule has 40 heavy (non-hydrogen) atoms. The molecule has 0 heterocycles. The lowest BCUT2D eigenvalue weighted by Crippen LogP contribution is -1.92. The summed E-state index contributed by atoms with van der Waals surface area (Å²) in [5.41, 5.74) is 0.761. The minimum Gasteiger partial charge on any atom is -0.502 e. The van der Waals surface area contributed by atoms with Crippen LogP contribution < -0.4 is 0 Å². The van der Waals surface area contributed by atoms with Crippen LogP contribution in [0.1, 0.15) is 192 Å². The predicted octanol–water partition coefficient (Wildman–Crippen LogP) is 12.8. The van der Waals surface area contributed by atoms with Crippen molar-refractivity contribution in [3.63, 3.8) is 0 Å². The number of rotatable bonds is 30. The van der Waals surface area contributed by atoms with Crippen LogP contribution in [0.3, 0.4) is 0 Å². The first-order valence-electron chi connectivity index (χ1n) is 17.6. The van der Waals surface area contributed by atoms with Crippen molar-refractivity contribution in [2.45, 2.75) is 193 Å². The second kappa shape index (κ2) is 27.6. The Labute approximate surface area is 248 Å². The summed E-state index contributed by atoms with van der Waals surface area (Å²) >= 11 is 0. The van der Waals surface area contributed by atoms with Crippen molar-refractivity contribution < 1.29 is 10.0 Å². The van der Waals surface area contributed by atoms with E-state index in [4.69, 9.17) is 0 Å². The largest absolute Gasteiger partial charge is 0.502 e. The van der Waals surface area contributed by atoms with Crippen LogP contribution >= 0.6 is 0 Å². The van der Waals surface area contributed by atoms with Gasteiger partial charge in [-0.2, -0.15) is 0 Å². The predicted molar refractivity (Wildman–Crippen MR) is 173 cm³/mol. The quantitative estimate of drug-likeness (QED) is 0.0579. The molecule has 0 spiro atoms. The molecule has 0 amide bonds. The fourth-order valence-corrected chi connectivity index (χ4v) is 5.87. The number of aromatic hydroxyl groups is 1. The minimum atomic E-state index is -0.513. The van der Waals surface area contributed by atoms with Crippen LogP contribution in [0.4, 0.5) is 5.69 Å². The topological polar surface area (TPSA) is 63.4 Å². The Hall–Kier alpha value is -1.58. The third-order valence-electron chi connectivity index (χ3n) is 8.56. The zero-order valence-corrected chi connectivity index (χ0v) is 26.4. The maximum absolute atomic E-state index is 10.9. The first kappa shape index (κ1) is 36.4. The Bertz CT molecular complexity index is 705. The SMILES string of the molecule is CCCCCCCCCCCCCCCCCCCCCCCCCCCCCCc1ccc(O)c([N+](=O)[O-])c1. The molecule has 1 aromatic rings. The first-order chi connectivity index (χ1) is 19.6. The third kappa shape index (κ3) is 22.1. The Kier molecular flexibility index (Phi) is 25.1. The van der Waals surface area contributed by atoms with Gasteiger partial charge in [0.25, 0.3) is 0 Å². The van der Waals surface area contributed by atoms with E-state index in [0.29, 0.717) is 0 Å². The van der Waals surface area contributed by atoms with Crippen LogP contribution in [0.15, 0.2) is 18.2 Å². The van der Waals surface area contributed by atoms with Gasteiger partial charge in [0.1, 0.15) is 0 Å². The summed E-state index contributed by atoms with van der Waals surface area (Å²) in [6, 6.07) is 4.74. The summed E-state index contributed by atoms with van der Waals surface area (Å²) in [6.45, 7) is 2.30. The summed E-state index contributed by atoms with van der Waals surface area (Å²) in [5.74, 6) is -0.246. The smallest absolute Gasteiger partial charge is 0.310 e. The zero-order valence-electron chi connectivity index (χ0n) is 26.4. The average Bonchev–Trinajstić information content (AvgIpc) is 2.95.